The Bertz CT molecular complexity index is 904. The zero-order valence-corrected chi connectivity index (χ0v) is 15.6. The molecular formula is C20H22N6O2. The number of ether oxygens (including phenoxy) is 1. The van der Waals surface area contributed by atoms with Crippen molar-refractivity contribution in [3.05, 3.63) is 66.6 Å². The number of nitrogens with one attached hydrogen (secondary N) is 3. The predicted octanol–water partition coefficient (Wildman–Crippen LogP) is 2.53. The first-order valence-electron chi connectivity index (χ1n) is 8.90. The molecule has 3 aromatic rings. The molecule has 2 heterocycles. The van der Waals surface area contributed by atoms with E-state index in [0.29, 0.717) is 36.3 Å². The molecule has 0 atom stereocenters. The van der Waals surface area contributed by atoms with E-state index in [4.69, 9.17) is 4.74 Å². The summed E-state index contributed by atoms with van der Waals surface area (Å²) in [4.78, 5) is 24.4. The van der Waals surface area contributed by atoms with E-state index in [1.165, 1.54) is 6.33 Å². The van der Waals surface area contributed by atoms with Crippen LogP contribution in [0.3, 0.4) is 0 Å². The maximum Gasteiger partial charge on any atom is 0.258 e. The minimum absolute atomic E-state index is 0.0174. The third-order valence-corrected chi connectivity index (χ3v) is 3.79. The molecule has 2 aromatic heterocycles. The van der Waals surface area contributed by atoms with Crippen molar-refractivity contribution < 1.29 is 9.53 Å². The molecule has 0 saturated carbocycles. The molecule has 1 aromatic carbocycles. The van der Waals surface area contributed by atoms with Crippen LogP contribution in [0.4, 0.5) is 17.5 Å². The average Bonchev–Trinajstić information content (AvgIpc) is 2.72. The molecule has 3 rings (SSSR count). The number of hydrogen-bond donors (Lipinski definition) is 3. The Hall–Kier alpha value is -3.68. The van der Waals surface area contributed by atoms with E-state index in [0.717, 1.165) is 5.56 Å². The van der Waals surface area contributed by atoms with Crippen molar-refractivity contribution in [2.24, 2.45) is 0 Å². The van der Waals surface area contributed by atoms with Crippen LogP contribution in [0.5, 0.6) is 5.75 Å². The number of amides is 1. The second-order valence-corrected chi connectivity index (χ2v) is 5.96. The first-order chi connectivity index (χ1) is 13.7. The number of carbonyl (C=O) groups is 1. The second-order valence-electron chi connectivity index (χ2n) is 5.96. The van der Waals surface area contributed by atoms with Crippen molar-refractivity contribution in [2.45, 2.75) is 6.92 Å². The van der Waals surface area contributed by atoms with Gasteiger partial charge >= 0.3 is 0 Å². The summed E-state index contributed by atoms with van der Waals surface area (Å²) in [6.45, 7) is 2.89. The van der Waals surface area contributed by atoms with Crippen molar-refractivity contribution >= 4 is 23.4 Å². The van der Waals surface area contributed by atoms with E-state index in [1.807, 2.05) is 49.4 Å². The van der Waals surface area contributed by atoms with Crippen LogP contribution in [0.2, 0.25) is 0 Å². The van der Waals surface area contributed by atoms with Crippen LogP contribution in [0, 0.1) is 6.92 Å². The lowest BCUT2D eigenvalue weighted by molar-refractivity contribution is -0.123. The standard InChI is InChI=1S/C20H22N6O2/c1-15-6-2-3-7-16(15)28-13-20(27)23-11-10-22-18-12-19(25-14-24-18)26-17-8-4-5-9-21-17/h2-9,12,14H,10-11,13H2,1H3,(H,23,27)(H2,21,22,24,25,26). The van der Waals surface area contributed by atoms with Crippen molar-refractivity contribution in [2.75, 3.05) is 30.3 Å². The van der Waals surface area contributed by atoms with Gasteiger partial charge in [0.15, 0.2) is 6.61 Å². The first kappa shape index (κ1) is 19.1. The highest BCUT2D eigenvalue weighted by Gasteiger charge is 2.04. The number of hydrogen-bond acceptors (Lipinski definition) is 7. The van der Waals surface area contributed by atoms with Gasteiger partial charge in [-0.2, -0.15) is 0 Å². The van der Waals surface area contributed by atoms with Crippen LogP contribution < -0.4 is 20.7 Å². The van der Waals surface area contributed by atoms with Gasteiger partial charge in [0.05, 0.1) is 0 Å². The van der Waals surface area contributed by atoms with Gasteiger partial charge in [0, 0.05) is 25.4 Å². The fraction of sp³-hybridized carbons (Fsp3) is 0.200. The number of para-hydroxylation sites is 1. The molecule has 0 aliphatic carbocycles. The van der Waals surface area contributed by atoms with Gasteiger partial charge < -0.3 is 20.7 Å². The zero-order valence-electron chi connectivity index (χ0n) is 15.6. The Labute approximate surface area is 163 Å². The van der Waals surface area contributed by atoms with E-state index in [1.54, 1.807) is 12.3 Å². The second kappa shape index (κ2) is 9.86. The molecular weight excluding hydrogens is 356 g/mol. The van der Waals surface area contributed by atoms with Crippen LogP contribution in [-0.2, 0) is 4.79 Å². The SMILES string of the molecule is Cc1ccccc1OCC(=O)NCCNc1cc(Nc2ccccn2)ncn1. The van der Waals surface area contributed by atoms with Crippen molar-refractivity contribution in [1.82, 2.24) is 20.3 Å². The molecule has 0 fully saturated rings. The summed E-state index contributed by atoms with van der Waals surface area (Å²) in [6.07, 6.45) is 3.16. The lowest BCUT2D eigenvalue weighted by Gasteiger charge is -2.10. The number of aryl methyl sites for hydroxylation is 1. The Morgan fingerprint density at radius 3 is 2.61 bits per heavy atom. The van der Waals surface area contributed by atoms with Gasteiger partial charge in [0.1, 0.15) is 29.5 Å². The van der Waals surface area contributed by atoms with Crippen molar-refractivity contribution in [3.8, 4) is 5.75 Å². The lowest BCUT2D eigenvalue weighted by Crippen LogP contribution is -2.32. The highest BCUT2D eigenvalue weighted by atomic mass is 16.5. The number of nitrogens with zero attached hydrogens (tertiary/aromatic N) is 3. The molecule has 1 amide bonds. The Morgan fingerprint density at radius 1 is 0.964 bits per heavy atom. The number of aromatic nitrogens is 3. The maximum atomic E-state index is 11.9. The molecule has 0 bridgehead atoms. The Balaban J connectivity index is 1.38. The Morgan fingerprint density at radius 2 is 1.79 bits per heavy atom. The van der Waals surface area contributed by atoms with Gasteiger partial charge in [-0.1, -0.05) is 24.3 Å². The van der Waals surface area contributed by atoms with Gasteiger partial charge in [-0.05, 0) is 30.7 Å². The van der Waals surface area contributed by atoms with E-state index in [-0.39, 0.29) is 12.5 Å². The molecule has 3 N–H and O–H groups in total. The van der Waals surface area contributed by atoms with Crippen LogP contribution in [0.15, 0.2) is 61.1 Å². The number of anilines is 3. The third kappa shape index (κ3) is 5.94. The van der Waals surface area contributed by atoms with Gasteiger partial charge in [-0.3, -0.25) is 4.79 Å². The van der Waals surface area contributed by atoms with Crippen LogP contribution in [0.1, 0.15) is 5.56 Å². The van der Waals surface area contributed by atoms with E-state index in [9.17, 15) is 4.79 Å². The maximum absolute atomic E-state index is 11.9. The summed E-state index contributed by atoms with van der Waals surface area (Å²) in [5, 5.41) is 9.04. The summed E-state index contributed by atoms with van der Waals surface area (Å²) in [5.74, 6) is 2.52. The molecule has 8 nitrogen and oxygen atoms in total. The molecule has 144 valence electrons. The largest absolute Gasteiger partial charge is 0.484 e. The van der Waals surface area contributed by atoms with Crippen LogP contribution in [-0.4, -0.2) is 40.6 Å². The highest BCUT2D eigenvalue weighted by Crippen LogP contribution is 2.16. The molecule has 28 heavy (non-hydrogen) atoms. The molecule has 0 unspecified atom stereocenters. The fourth-order valence-electron chi connectivity index (χ4n) is 2.40. The zero-order chi connectivity index (χ0) is 19.6. The van der Waals surface area contributed by atoms with E-state index < -0.39 is 0 Å². The van der Waals surface area contributed by atoms with Gasteiger partial charge in [0.25, 0.3) is 5.91 Å². The van der Waals surface area contributed by atoms with E-state index >= 15 is 0 Å². The number of pyridine rings is 1. The monoisotopic (exact) mass is 378 g/mol. The minimum atomic E-state index is -0.176. The molecule has 0 radical (unpaired) electrons. The first-order valence-corrected chi connectivity index (χ1v) is 8.90. The molecule has 0 saturated heterocycles. The molecule has 0 aliphatic heterocycles. The third-order valence-electron chi connectivity index (χ3n) is 3.79. The summed E-state index contributed by atoms with van der Waals surface area (Å²) in [6, 6.07) is 15.0. The number of benzene rings is 1. The summed E-state index contributed by atoms with van der Waals surface area (Å²) >= 11 is 0. The molecule has 0 aliphatic rings. The van der Waals surface area contributed by atoms with Gasteiger partial charge in [-0.15, -0.1) is 0 Å². The Kier molecular flexibility index (Phi) is 6.73. The molecule has 0 spiro atoms. The topological polar surface area (TPSA) is 101 Å². The fourth-order valence-corrected chi connectivity index (χ4v) is 2.40. The summed E-state index contributed by atoms with van der Waals surface area (Å²) < 4.78 is 5.52. The van der Waals surface area contributed by atoms with Gasteiger partial charge in [-0.25, -0.2) is 15.0 Å². The van der Waals surface area contributed by atoms with Crippen LogP contribution >= 0.6 is 0 Å². The van der Waals surface area contributed by atoms with Crippen molar-refractivity contribution in [1.29, 1.82) is 0 Å². The average molecular weight is 378 g/mol. The molecule has 8 heteroatoms. The van der Waals surface area contributed by atoms with Crippen molar-refractivity contribution in [3.63, 3.8) is 0 Å². The lowest BCUT2D eigenvalue weighted by atomic mass is 10.2. The van der Waals surface area contributed by atoms with Gasteiger partial charge in [0.2, 0.25) is 0 Å². The number of rotatable bonds is 9. The highest BCUT2D eigenvalue weighted by molar-refractivity contribution is 5.77. The minimum Gasteiger partial charge on any atom is -0.484 e. The van der Waals surface area contributed by atoms with E-state index in [2.05, 4.69) is 30.9 Å². The normalized spacial score (nSPS) is 10.2. The quantitative estimate of drug-likeness (QED) is 0.492. The summed E-state index contributed by atoms with van der Waals surface area (Å²) in [7, 11) is 0. The summed E-state index contributed by atoms with van der Waals surface area (Å²) in [5.41, 5.74) is 0.996. The predicted molar refractivity (Wildman–Crippen MR) is 108 cm³/mol. The smallest absolute Gasteiger partial charge is 0.258 e. The number of carbonyl (C=O) groups excluding carboxylic acids is 1. The van der Waals surface area contributed by atoms with Crippen LogP contribution in [0.25, 0.3) is 0 Å².